The third kappa shape index (κ3) is 2.46. The molecule has 84 valence electrons. The minimum Gasteiger partial charge on any atom is -0.294 e. The van der Waals surface area contributed by atoms with Crippen molar-refractivity contribution in [1.82, 2.24) is 9.78 Å². The highest BCUT2D eigenvalue weighted by atomic mass is 16.1. The van der Waals surface area contributed by atoms with Gasteiger partial charge >= 0.3 is 0 Å². The van der Waals surface area contributed by atoms with Crippen molar-refractivity contribution in [2.24, 2.45) is 13.0 Å². The molecular formula is C12H20N2O. The Kier molecular flexibility index (Phi) is 4.06. The molecule has 3 nitrogen and oxygen atoms in total. The Labute approximate surface area is 91.5 Å². The monoisotopic (exact) mass is 208 g/mol. The Morgan fingerprint density at radius 1 is 1.40 bits per heavy atom. The first-order valence-electron chi connectivity index (χ1n) is 5.70. The Bertz CT molecular complexity index is 337. The second kappa shape index (κ2) is 5.10. The van der Waals surface area contributed by atoms with E-state index in [0.29, 0.717) is 0 Å². The van der Waals surface area contributed by atoms with Gasteiger partial charge in [0.25, 0.3) is 0 Å². The lowest BCUT2D eigenvalue weighted by atomic mass is 9.93. The zero-order chi connectivity index (χ0) is 11.4. The first-order valence-corrected chi connectivity index (χ1v) is 5.70. The predicted molar refractivity (Wildman–Crippen MR) is 61.0 cm³/mol. The van der Waals surface area contributed by atoms with Crippen LogP contribution in [-0.2, 0) is 13.5 Å². The molecule has 0 atom stereocenters. The van der Waals surface area contributed by atoms with E-state index in [2.05, 4.69) is 18.9 Å². The highest BCUT2D eigenvalue weighted by molar-refractivity contribution is 5.98. The molecule has 1 aromatic rings. The summed E-state index contributed by atoms with van der Waals surface area (Å²) in [4.78, 5) is 12.1. The van der Waals surface area contributed by atoms with Crippen LogP contribution in [0.1, 0.15) is 49.7 Å². The summed E-state index contributed by atoms with van der Waals surface area (Å²) < 4.78 is 1.73. The van der Waals surface area contributed by atoms with E-state index >= 15 is 0 Å². The number of Topliss-reactive ketones (excluding diaryl/α,β-unsaturated/α-hetero) is 1. The number of hydrogen-bond donors (Lipinski definition) is 0. The van der Waals surface area contributed by atoms with Gasteiger partial charge in [0.1, 0.15) is 0 Å². The molecule has 0 saturated carbocycles. The van der Waals surface area contributed by atoms with E-state index in [9.17, 15) is 4.79 Å². The van der Waals surface area contributed by atoms with Crippen LogP contribution in [0.5, 0.6) is 0 Å². The minimum atomic E-state index is 0.152. The molecule has 0 spiro atoms. The fourth-order valence-electron chi connectivity index (χ4n) is 1.88. The summed E-state index contributed by atoms with van der Waals surface area (Å²) in [6.07, 6.45) is 4.49. The molecule has 0 N–H and O–H groups in total. The normalized spacial score (nSPS) is 11.0. The zero-order valence-corrected chi connectivity index (χ0v) is 10.1. The van der Waals surface area contributed by atoms with Gasteiger partial charge in [0.05, 0.1) is 11.3 Å². The van der Waals surface area contributed by atoms with E-state index in [4.69, 9.17) is 0 Å². The molecule has 1 rings (SSSR count). The maximum atomic E-state index is 12.1. The molecule has 1 heterocycles. The van der Waals surface area contributed by atoms with Crippen molar-refractivity contribution in [1.29, 1.82) is 0 Å². The largest absolute Gasteiger partial charge is 0.294 e. The van der Waals surface area contributed by atoms with Crippen LogP contribution in [-0.4, -0.2) is 15.6 Å². The zero-order valence-electron chi connectivity index (χ0n) is 10.1. The molecular weight excluding hydrogens is 188 g/mol. The van der Waals surface area contributed by atoms with Crippen LogP contribution in [0.15, 0.2) is 6.20 Å². The summed E-state index contributed by atoms with van der Waals surface area (Å²) in [5.41, 5.74) is 1.74. The van der Waals surface area contributed by atoms with Crippen molar-refractivity contribution in [3.8, 4) is 0 Å². The number of ketones is 1. The summed E-state index contributed by atoms with van der Waals surface area (Å²) in [6.45, 7) is 6.16. The van der Waals surface area contributed by atoms with Crippen LogP contribution in [0.3, 0.4) is 0 Å². The van der Waals surface area contributed by atoms with Gasteiger partial charge in [0.15, 0.2) is 5.78 Å². The summed E-state index contributed by atoms with van der Waals surface area (Å²) in [5.74, 6) is 0.407. The number of carbonyl (C=O) groups excluding carboxylic acids is 1. The fourth-order valence-corrected chi connectivity index (χ4v) is 1.88. The number of carbonyl (C=O) groups is 1. The van der Waals surface area contributed by atoms with E-state index in [1.54, 1.807) is 4.68 Å². The van der Waals surface area contributed by atoms with Gasteiger partial charge in [0.2, 0.25) is 0 Å². The fraction of sp³-hybridized carbons (Fsp3) is 0.667. The van der Waals surface area contributed by atoms with Crippen molar-refractivity contribution in [2.45, 2.75) is 40.0 Å². The molecule has 1 aromatic heterocycles. The summed E-state index contributed by atoms with van der Waals surface area (Å²) >= 11 is 0. The van der Waals surface area contributed by atoms with Crippen LogP contribution in [0.25, 0.3) is 0 Å². The molecule has 0 amide bonds. The van der Waals surface area contributed by atoms with Gasteiger partial charge in [-0.25, -0.2) is 0 Å². The smallest absolute Gasteiger partial charge is 0.169 e. The van der Waals surface area contributed by atoms with Gasteiger partial charge in [-0.3, -0.25) is 9.48 Å². The average Bonchev–Trinajstić information content (AvgIpc) is 2.61. The van der Waals surface area contributed by atoms with Crippen molar-refractivity contribution in [3.05, 3.63) is 17.5 Å². The molecule has 0 radical (unpaired) electrons. The number of rotatable bonds is 5. The van der Waals surface area contributed by atoms with Gasteiger partial charge in [-0.05, 0) is 19.3 Å². The van der Waals surface area contributed by atoms with Crippen LogP contribution in [0.4, 0.5) is 0 Å². The Hall–Kier alpha value is -1.12. The van der Waals surface area contributed by atoms with Gasteiger partial charge in [-0.2, -0.15) is 5.10 Å². The number of hydrogen-bond acceptors (Lipinski definition) is 2. The van der Waals surface area contributed by atoms with E-state index < -0.39 is 0 Å². The van der Waals surface area contributed by atoms with Gasteiger partial charge in [0, 0.05) is 19.2 Å². The van der Waals surface area contributed by atoms with Crippen molar-refractivity contribution in [2.75, 3.05) is 0 Å². The van der Waals surface area contributed by atoms with E-state index in [-0.39, 0.29) is 11.7 Å². The first-order chi connectivity index (χ1) is 7.13. The standard InChI is InChI=1S/C12H20N2O/c1-5-9(6-2)12(15)10-8-14(4)13-11(10)7-3/h8-9H,5-7H2,1-4H3. The van der Waals surface area contributed by atoms with Crippen LogP contribution in [0.2, 0.25) is 0 Å². The Morgan fingerprint density at radius 2 is 2.00 bits per heavy atom. The molecule has 0 saturated heterocycles. The molecule has 0 aromatic carbocycles. The van der Waals surface area contributed by atoms with Gasteiger partial charge in [-0.15, -0.1) is 0 Å². The Balaban J connectivity index is 2.98. The quantitative estimate of drug-likeness (QED) is 0.697. The lowest BCUT2D eigenvalue weighted by molar-refractivity contribution is 0.0912. The van der Waals surface area contributed by atoms with Crippen LogP contribution in [0, 0.1) is 5.92 Å². The van der Waals surface area contributed by atoms with E-state index in [1.165, 1.54) is 0 Å². The maximum Gasteiger partial charge on any atom is 0.169 e. The van der Waals surface area contributed by atoms with Crippen molar-refractivity contribution >= 4 is 5.78 Å². The van der Waals surface area contributed by atoms with Gasteiger partial charge < -0.3 is 0 Å². The van der Waals surface area contributed by atoms with Crippen LogP contribution >= 0.6 is 0 Å². The summed E-state index contributed by atoms with van der Waals surface area (Å²) in [5, 5.41) is 4.30. The molecule has 15 heavy (non-hydrogen) atoms. The van der Waals surface area contributed by atoms with Crippen molar-refractivity contribution in [3.63, 3.8) is 0 Å². The molecule has 0 bridgehead atoms. The van der Waals surface area contributed by atoms with E-state index in [0.717, 1.165) is 30.5 Å². The minimum absolute atomic E-state index is 0.152. The molecule has 0 aliphatic heterocycles. The Morgan fingerprint density at radius 3 is 2.47 bits per heavy atom. The SMILES string of the molecule is CCc1nn(C)cc1C(=O)C(CC)CC. The number of aromatic nitrogens is 2. The topological polar surface area (TPSA) is 34.9 Å². The van der Waals surface area contributed by atoms with Crippen LogP contribution < -0.4 is 0 Å². The second-order valence-corrected chi connectivity index (χ2v) is 3.89. The molecule has 0 fully saturated rings. The average molecular weight is 208 g/mol. The third-order valence-electron chi connectivity index (χ3n) is 2.86. The molecule has 0 aliphatic carbocycles. The predicted octanol–water partition coefficient (Wildman–Crippen LogP) is 2.60. The summed E-state index contributed by atoms with van der Waals surface area (Å²) in [6, 6.07) is 0. The second-order valence-electron chi connectivity index (χ2n) is 3.89. The van der Waals surface area contributed by atoms with E-state index in [1.807, 2.05) is 20.2 Å². The lowest BCUT2D eigenvalue weighted by Crippen LogP contribution is -2.14. The summed E-state index contributed by atoms with van der Waals surface area (Å²) in [7, 11) is 1.86. The number of aryl methyl sites for hydroxylation is 2. The molecule has 0 aliphatic rings. The molecule has 3 heteroatoms. The third-order valence-corrected chi connectivity index (χ3v) is 2.86. The van der Waals surface area contributed by atoms with Gasteiger partial charge in [-0.1, -0.05) is 20.8 Å². The number of nitrogens with zero attached hydrogens (tertiary/aromatic N) is 2. The highest BCUT2D eigenvalue weighted by Gasteiger charge is 2.20. The van der Waals surface area contributed by atoms with Crippen molar-refractivity contribution < 1.29 is 4.79 Å². The molecule has 0 unspecified atom stereocenters. The highest BCUT2D eigenvalue weighted by Crippen LogP contribution is 2.18. The lowest BCUT2D eigenvalue weighted by Gasteiger charge is -2.09. The first kappa shape index (κ1) is 12.0. The maximum absolute atomic E-state index is 12.1.